The first-order valence-electron chi connectivity index (χ1n) is 10.0. The van der Waals surface area contributed by atoms with Gasteiger partial charge in [-0.1, -0.05) is 18.2 Å². The molecule has 2 aliphatic rings. The second-order valence-electron chi connectivity index (χ2n) is 7.69. The third-order valence-corrected chi connectivity index (χ3v) is 5.49. The summed E-state index contributed by atoms with van der Waals surface area (Å²) in [4.78, 5) is 27.3. The van der Waals surface area contributed by atoms with Crippen molar-refractivity contribution in [1.29, 1.82) is 0 Å². The maximum Gasteiger partial charge on any atom is 0.232 e. The lowest BCUT2D eigenvalue weighted by atomic mass is 9.69. The molecule has 146 valence electrons. The van der Waals surface area contributed by atoms with Crippen LogP contribution in [0.25, 0.3) is 0 Å². The molecule has 0 saturated carbocycles. The number of ether oxygens (including phenoxy) is 1. The van der Waals surface area contributed by atoms with Gasteiger partial charge in [-0.15, -0.1) is 0 Å². The maximum absolute atomic E-state index is 13.2. The molecule has 0 bridgehead atoms. The number of benzene rings is 1. The summed E-state index contributed by atoms with van der Waals surface area (Å²) in [6.07, 6.45) is 6.04. The van der Waals surface area contributed by atoms with Gasteiger partial charge in [0.15, 0.2) is 0 Å². The van der Waals surface area contributed by atoms with Gasteiger partial charge < -0.3 is 15.0 Å². The number of allylic oxidation sites excluding steroid dienone is 1. The number of carbonyl (C=O) groups excluding carboxylic acids is 2. The van der Waals surface area contributed by atoms with Gasteiger partial charge in [0, 0.05) is 25.2 Å². The zero-order valence-corrected chi connectivity index (χ0v) is 16.6. The van der Waals surface area contributed by atoms with Crippen LogP contribution >= 0.6 is 0 Å². The summed E-state index contributed by atoms with van der Waals surface area (Å²) >= 11 is 0. The highest BCUT2D eigenvalue weighted by molar-refractivity contribution is 5.91. The van der Waals surface area contributed by atoms with Crippen LogP contribution in [0.2, 0.25) is 0 Å². The number of nitrogens with one attached hydrogen (secondary N) is 1. The van der Waals surface area contributed by atoms with E-state index in [4.69, 9.17) is 4.74 Å². The Morgan fingerprint density at radius 3 is 2.67 bits per heavy atom. The van der Waals surface area contributed by atoms with Crippen molar-refractivity contribution in [2.45, 2.75) is 65.5 Å². The first-order valence-corrected chi connectivity index (χ1v) is 10.0. The molecule has 1 aromatic rings. The molecular weight excluding hydrogens is 340 g/mol. The number of nitrogens with zero attached hydrogens (tertiary/aromatic N) is 1. The molecule has 1 atom stereocenters. The van der Waals surface area contributed by atoms with Crippen LogP contribution in [0, 0.1) is 5.41 Å². The topological polar surface area (TPSA) is 58.6 Å². The molecule has 0 radical (unpaired) electrons. The van der Waals surface area contributed by atoms with Crippen molar-refractivity contribution in [3.05, 3.63) is 41.6 Å². The Labute approximate surface area is 161 Å². The molecular formula is C22H30N2O3. The lowest BCUT2D eigenvalue weighted by Crippen LogP contribution is -2.52. The molecule has 1 aromatic carbocycles. The lowest BCUT2D eigenvalue weighted by Gasteiger charge is -2.45. The van der Waals surface area contributed by atoms with Gasteiger partial charge in [0.25, 0.3) is 0 Å². The summed E-state index contributed by atoms with van der Waals surface area (Å²) in [6, 6.07) is 7.83. The Kier molecular flexibility index (Phi) is 5.88. The Morgan fingerprint density at radius 2 is 2.00 bits per heavy atom. The van der Waals surface area contributed by atoms with Crippen molar-refractivity contribution in [2.24, 2.45) is 5.41 Å². The molecule has 1 N–H and O–H groups in total. The van der Waals surface area contributed by atoms with E-state index in [1.807, 2.05) is 45.0 Å². The van der Waals surface area contributed by atoms with Crippen LogP contribution in [0.15, 0.2) is 36.0 Å². The number of piperidine rings is 1. The van der Waals surface area contributed by atoms with Crippen LogP contribution in [0.3, 0.4) is 0 Å². The Balaban J connectivity index is 1.70. The van der Waals surface area contributed by atoms with Crippen molar-refractivity contribution in [1.82, 2.24) is 10.2 Å². The Bertz CT molecular complexity index is 724. The maximum atomic E-state index is 13.2. The third kappa shape index (κ3) is 4.02. The first-order chi connectivity index (χ1) is 13.0. The summed E-state index contributed by atoms with van der Waals surface area (Å²) < 4.78 is 5.66. The standard InChI is InChI=1S/C22H30N2O3/c1-4-24-19-7-5-6-13-22(19,14-12-20(24)25)21(26)23-15-17-8-10-18(11-9-17)27-16(2)3/h7-11,16H,4-6,12-15H2,1-3H3,(H,23,26). The monoisotopic (exact) mass is 370 g/mol. The minimum Gasteiger partial charge on any atom is -0.491 e. The molecule has 5 nitrogen and oxygen atoms in total. The molecule has 1 fully saturated rings. The number of amides is 2. The predicted octanol–water partition coefficient (Wildman–Crippen LogP) is 3.79. The molecule has 0 spiro atoms. The smallest absolute Gasteiger partial charge is 0.232 e. The normalized spacial score (nSPS) is 22.3. The number of hydrogen-bond acceptors (Lipinski definition) is 3. The highest BCUT2D eigenvalue weighted by Crippen LogP contribution is 2.46. The van der Waals surface area contributed by atoms with Gasteiger partial charge in [-0.2, -0.15) is 0 Å². The molecule has 0 aromatic heterocycles. The SMILES string of the molecule is CCN1C(=O)CCC2(C(=O)NCc3ccc(OC(C)C)cc3)CCCC=C12. The van der Waals surface area contributed by atoms with E-state index in [0.717, 1.165) is 36.3 Å². The van der Waals surface area contributed by atoms with Gasteiger partial charge in [0.1, 0.15) is 5.75 Å². The molecule has 1 saturated heterocycles. The van der Waals surface area contributed by atoms with Crippen molar-refractivity contribution in [3.8, 4) is 5.75 Å². The number of fused-ring (bicyclic) bond motifs is 1. The van der Waals surface area contributed by atoms with E-state index in [1.54, 1.807) is 4.90 Å². The minimum atomic E-state index is -0.553. The zero-order valence-electron chi connectivity index (χ0n) is 16.6. The van der Waals surface area contributed by atoms with Crippen molar-refractivity contribution in [2.75, 3.05) is 6.54 Å². The fourth-order valence-corrected chi connectivity index (χ4v) is 4.18. The summed E-state index contributed by atoms with van der Waals surface area (Å²) in [5.41, 5.74) is 1.41. The van der Waals surface area contributed by atoms with E-state index in [1.165, 1.54) is 0 Å². The van der Waals surface area contributed by atoms with Gasteiger partial charge in [-0.05, 0) is 64.2 Å². The number of likely N-dealkylation sites (tertiary alicyclic amines) is 1. The van der Waals surface area contributed by atoms with Crippen LogP contribution in [-0.2, 0) is 16.1 Å². The van der Waals surface area contributed by atoms with E-state index in [0.29, 0.717) is 25.9 Å². The van der Waals surface area contributed by atoms with Gasteiger partial charge in [0.05, 0.1) is 11.5 Å². The average Bonchev–Trinajstić information content (AvgIpc) is 2.66. The molecule has 27 heavy (non-hydrogen) atoms. The second kappa shape index (κ2) is 8.15. The Hall–Kier alpha value is -2.30. The molecule has 3 rings (SSSR count). The molecule has 1 aliphatic carbocycles. The van der Waals surface area contributed by atoms with E-state index in [2.05, 4.69) is 11.4 Å². The van der Waals surface area contributed by atoms with Gasteiger partial charge in [-0.25, -0.2) is 0 Å². The predicted molar refractivity (Wildman–Crippen MR) is 105 cm³/mol. The van der Waals surface area contributed by atoms with Gasteiger partial charge in [-0.3, -0.25) is 9.59 Å². The van der Waals surface area contributed by atoms with Crippen LogP contribution in [-0.4, -0.2) is 29.4 Å². The Morgan fingerprint density at radius 1 is 1.26 bits per heavy atom. The van der Waals surface area contributed by atoms with E-state index in [-0.39, 0.29) is 17.9 Å². The first kappa shape index (κ1) is 19.5. The second-order valence-corrected chi connectivity index (χ2v) is 7.69. The fourth-order valence-electron chi connectivity index (χ4n) is 4.18. The number of hydrogen-bond donors (Lipinski definition) is 1. The molecule has 5 heteroatoms. The lowest BCUT2D eigenvalue weighted by molar-refractivity contribution is -0.140. The molecule has 1 heterocycles. The largest absolute Gasteiger partial charge is 0.491 e. The van der Waals surface area contributed by atoms with Gasteiger partial charge >= 0.3 is 0 Å². The fraction of sp³-hybridized carbons (Fsp3) is 0.545. The van der Waals surface area contributed by atoms with Crippen LogP contribution in [0.4, 0.5) is 0 Å². The highest BCUT2D eigenvalue weighted by atomic mass is 16.5. The van der Waals surface area contributed by atoms with E-state index < -0.39 is 5.41 Å². The van der Waals surface area contributed by atoms with Crippen LogP contribution in [0.5, 0.6) is 5.75 Å². The summed E-state index contributed by atoms with van der Waals surface area (Å²) in [7, 11) is 0. The number of rotatable bonds is 6. The van der Waals surface area contributed by atoms with E-state index >= 15 is 0 Å². The van der Waals surface area contributed by atoms with Crippen molar-refractivity contribution >= 4 is 11.8 Å². The molecule has 2 amide bonds. The van der Waals surface area contributed by atoms with Crippen LogP contribution < -0.4 is 10.1 Å². The summed E-state index contributed by atoms with van der Waals surface area (Å²) in [6.45, 7) is 7.07. The summed E-state index contributed by atoms with van der Waals surface area (Å²) in [5.74, 6) is 1.01. The minimum absolute atomic E-state index is 0.0434. The number of carbonyl (C=O) groups is 2. The molecule has 1 aliphatic heterocycles. The average molecular weight is 370 g/mol. The van der Waals surface area contributed by atoms with Crippen LogP contribution in [0.1, 0.15) is 58.4 Å². The summed E-state index contributed by atoms with van der Waals surface area (Å²) in [5, 5.41) is 3.12. The van der Waals surface area contributed by atoms with Crippen molar-refractivity contribution < 1.29 is 14.3 Å². The third-order valence-electron chi connectivity index (χ3n) is 5.49. The van der Waals surface area contributed by atoms with Gasteiger partial charge in [0.2, 0.25) is 11.8 Å². The zero-order chi connectivity index (χ0) is 19.4. The molecule has 1 unspecified atom stereocenters. The quantitative estimate of drug-likeness (QED) is 0.829. The highest BCUT2D eigenvalue weighted by Gasteiger charge is 2.48. The van der Waals surface area contributed by atoms with Crippen molar-refractivity contribution in [3.63, 3.8) is 0 Å². The van der Waals surface area contributed by atoms with E-state index in [9.17, 15) is 9.59 Å².